The molecule has 0 aliphatic rings. The van der Waals surface area contributed by atoms with Crippen LogP contribution in [0.5, 0.6) is 0 Å². The topological polar surface area (TPSA) is 136 Å². The van der Waals surface area contributed by atoms with E-state index in [1.807, 2.05) is 11.6 Å². The molecule has 0 radical (unpaired) electrons. The largest absolute Gasteiger partial charge is 0.357 e. The highest BCUT2D eigenvalue weighted by Crippen LogP contribution is 2.37. The lowest BCUT2D eigenvalue weighted by atomic mass is 9.86. The Labute approximate surface area is 173 Å². The molecule has 0 aromatic carbocycles. The quantitative estimate of drug-likeness (QED) is 0.519. The molecule has 0 amide bonds. The van der Waals surface area contributed by atoms with Gasteiger partial charge in [-0.3, -0.25) is 5.10 Å². The molecule has 1 atom stereocenters. The minimum atomic E-state index is -0.308. The number of H-pyrrole nitrogens is 1. The molecule has 30 heavy (non-hydrogen) atoms. The summed E-state index contributed by atoms with van der Waals surface area (Å²) in [5.74, 6) is 2.55. The number of aromatic nitrogens is 9. The first kappa shape index (κ1) is 19.9. The molecule has 0 bridgehead atoms. The summed E-state index contributed by atoms with van der Waals surface area (Å²) in [6.07, 6.45) is 3.19. The second-order valence-electron chi connectivity index (χ2n) is 9.32. The second-order valence-corrected chi connectivity index (χ2v) is 9.32. The zero-order valence-electron chi connectivity index (χ0n) is 18.2. The number of rotatable bonds is 4. The number of hydrogen-bond donors (Lipinski definition) is 2. The molecule has 0 fully saturated rings. The van der Waals surface area contributed by atoms with Gasteiger partial charge in [0.05, 0.1) is 17.1 Å². The average Bonchev–Trinajstić information content (AvgIpc) is 3.36. The second kappa shape index (κ2) is 6.85. The van der Waals surface area contributed by atoms with Gasteiger partial charge < -0.3 is 9.84 Å². The standard InChI is InChI=1S/C19H26N10O/c1-10-23-13(11-8-22-29(16(11)24-10)19(5,6)7)25-12(18(2,3)4)17-26-15(28-30-17)14-20-9-21-27-14/h8-9,12H,1-7H3,(H,20,21,27)(H,23,24,25). The Kier molecular flexibility index (Phi) is 4.55. The summed E-state index contributed by atoms with van der Waals surface area (Å²) in [5, 5.41) is 19.5. The molecule has 0 spiro atoms. The minimum absolute atomic E-state index is 0.207. The van der Waals surface area contributed by atoms with E-state index in [1.54, 1.807) is 6.20 Å². The Morgan fingerprint density at radius 2 is 1.87 bits per heavy atom. The Morgan fingerprint density at radius 1 is 1.10 bits per heavy atom. The highest BCUT2D eigenvalue weighted by molar-refractivity contribution is 5.86. The van der Waals surface area contributed by atoms with E-state index in [0.29, 0.717) is 29.2 Å². The van der Waals surface area contributed by atoms with Gasteiger partial charge in [-0.2, -0.15) is 15.2 Å². The van der Waals surface area contributed by atoms with Crippen molar-refractivity contribution in [2.75, 3.05) is 5.32 Å². The van der Waals surface area contributed by atoms with E-state index in [4.69, 9.17) is 4.52 Å². The lowest BCUT2D eigenvalue weighted by Gasteiger charge is -2.29. The number of fused-ring (bicyclic) bond motifs is 1. The number of aromatic amines is 1. The van der Waals surface area contributed by atoms with Gasteiger partial charge in [-0.1, -0.05) is 25.9 Å². The van der Waals surface area contributed by atoms with Crippen LogP contribution in [0.25, 0.3) is 22.7 Å². The smallest absolute Gasteiger partial charge is 0.250 e. The Morgan fingerprint density at radius 3 is 2.50 bits per heavy atom. The molecule has 11 heteroatoms. The summed E-state index contributed by atoms with van der Waals surface area (Å²) in [6, 6.07) is -0.308. The van der Waals surface area contributed by atoms with Crippen molar-refractivity contribution >= 4 is 16.9 Å². The molecule has 1 unspecified atom stereocenters. The van der Waals surface area contributed by atoms with Crippen LogP contribution in [0.1, 0.15) is 59.3 Å². The molecule has 158 valence electrons. The van der Waals surface area contributed by atoms with Crippen LogP contribution in [-0.2, 0) is 5.54 Å². The zero-order valence-corrected chi connectivity index (χ0v) is 18.2. The molecule has 0 saturated heterocycles. The van der Waals surface area contributed by atoms with Gasteiger partial charge in [0, 0.05) is 0 Å². The summed E-state index contributed by atoms with van der Waals surface area (Å²) in [7, 11) is 0. The van der Waals surface area contributed by atoms with Crippen molar-refractivity contribution in [1.82, 2.24) is 45.1 Å². The van der Waals surface area contributed by atoms with Gasteiger partial charge in [-0.05, 0) is 33.1 Å². The number of hydrogen-bond acceptors (Lipinski definition) is 9. The molecule has 4 heterocycles. The fraction of sp³-hybridized carbons (Fsp3) is 0.526. The maximum atomic E-state index is 5.58. The van der Waals surface area contributed by atoms with E-state index in [2.05, 4.69) is 87.2 Å². The highest BCUT2D eigenvalue weighted by Gasteiger charge is 2.33. The fourth-order valence-corrected chi connectivity index (χ4v) is 3.17. The van der Waals surface area contributed by atoms with Gasteiger partial charge >= 0.3 is 0 Å². The summed E-state index contributed by atoms with van der Waals surface area (Å²) in [4.78, 5) is 17.9. The minimum Gasteiger partial charge on any atom is -0.357 e. The molecule has 4 aromatic heterocycles. The number of aryl methyl sites for hydroxylation is 1. The molecule has 11 nitrogen and oxygen atoms in total. The fourth-order valence-electron chi connectivity index (χ4n) is 3.17. The van der Waals surface area contributed by atoms with Crippen molar-refractivity contribution in [2.24, 2.45) is 5.41 Å². The van der Waals surface area contributed by atoms with Crippen molar-refractivity contribution < 1.29 is 4.52 Å². The van der Waals surface area contributed by atoms with Crippen LogP contribution in [0.2, 0.25) is 0 Å². The molecule has 0 aliphatic heterocycles. The summed E-state index contributed by atoms with van der Waals surface area (Å²) < 4.78 is 7.48. The molecule has 0 saturated carbocycles. The van der Waals surface area contributed by atoms with Crippen LogP contribution in [-0.4, -0.2) is 45.1 Å². The highest BCUT2D eigenvalue weighted by atomic mass is 16.5. The van der Waals surface area contributed by atoms with Gasteiger partial charge in [0.2, 0.25) is 11.7 Å². The predicted molar refractivity (Wildman–Crippen MR) is 111 cm³/mol. The molecular formula is C19H26N10O. The number of anilines is 1. The summed E-state index contributed by atoms with van der Waals surface area (Å²) in [5.41, 5.74) is 0.316. The van der Waals surface area contributed by atoms with E-state index in [1.165, 1.54) is 6.33 Å². The van der Waals surface area contributed by atoms with Crippen molar-refractivity contribution in [1.29, 1.82) is 0 Å². The van der Waals surface area contributed by atoms with E-state index < -0.39 is 0 Å². The first-order chi connectivity index (χ1) is 14.0. The zero-order chi connectivity index (χ0) is 21.7. The van der Waals surface area contributed by atoms with Gasteiger partial charge in [-0.25, -0.2) is 19.6 Å². The Hall–Kier alpha value is -3.37. The molecule has 0 aliphatic carbocycles. The first-order valence-electron chi connectivity index (χ1n) is 9.73. The maximum Gasteiger partial charge on any atom is 0.250 e. The molecule has 4 aromatic rings. The lowest BCUT2D eigenvalue weighted by molar-refractivity contribution is 0.268. The molecular weight excluding hydrogens is 384 g/mol. The van der Waals surface area contributed by atoms with Crippen molar-refractivity contribution in [3.8, 4) is 11.6 Å². The molecule has 4 rings (SSSR count). The van der Waals surface area contributed by atoms with Crippen LogP contribution in [0.4, 0.5) is 5.82 Å². The monoisotopic (exact) mass is 410 g/mol. The first-order valence-corrected chi connectivity index (χ1v) is 9.73. The van der Waals surface area contributed by atoms with Crippen molar-refractivity contribution in [3.63, 3.8) is 0 Å². The van der Waals surface area contributed by atoms with Crippen molar-refractivity contribution in [2.45, 2.75) is 60.0 Å². The van der Waals surface area contributed by atoms with Gasteiger partial charge in [-0.15, -0.1) is 0 Å². The van der Waals surface area contributed by atoms with E-state index in [0.717, 1.165) is 11.0 Å². The predicted octanol–water partition coefficient (Wildman–Crippen LogP) is 3.26. The summed E-state index contributed by atoms with van der Waals surface area (Å²) in [6.45, 7) is 14.4. The van der Waals surface area contributed by atoms with Crippen LogP contribution in [0, 0.1) is 12.3 Å². The number of nitrogens with zero attached hydrogens (tertiary/aromatic N) is 8. The van der Waals surface area contributed by atoms with Gasteiger partial charge in [0.15, 0.2) is 11.5 Å². The van der Waals surface area contributed by atoms with Crippen LogP contribution in [0.3, 0.4) is 0 Å². The van der Waals surface area contributed by atoms with Crippen LogP contribution in [0.15, 0.2) is 17.0 Å². The third-order valence-electron chi connectivity index (χ3n) is 4.64. The summed E-state index contributed by atoms with van der Waals surface area (Å²) >= 11 is 0. The van der Waals surface area contributed by atoms with Crippen LogP contribution < -0.4 is 5.32 Å². The number of nitrogens with one attached hydrogen (secondary N) is 2. The normalized spacial score (nSPS) is 13.7. The van der Waals surface area contributed by atoms with E-state index in [9.17, 15) is 0 Å². The Balaban J connectivity index is 1.76. The third kappa shape index (κ3) is 3.62. The lowest BCUT2D eigenvalue weighted by Crippen LogP contribution is -2.27. The maximum absolute atomic E-state index is 5.58. The van der Waals surface area contributed by atoms with Gasteiger partial charge in [0.1, 0.15) is 24.0 Å². The SMILES string of the molecule is Cc1nc(NC(c2nc(-c3ncn[nH]3)no2)C(C)(C)C)c2cnn(C(C)(C)C)c2n1. The van der Waals surface area contributed by atoms with E-state index in [-0.39, 0.29) is 17.0 Å². The van der Waals surface area contributed by atoms with E-state index >= 15 is 0 Å². The molecule has 2 N–H and O–H groups in total. The Bertz CT molecular complexity index is 1160. The average molecular weight is 410 g/mol. The van der Waals surface area contributed by atoms with Crippen molar-refractivity contribution in [3.05, 3.63) is 24.2 Å². The van der Waals surface area contributed by atoms with Crippen LogP contribution >= 0.6 is 0 Å². The van der Waals surface area contributed by atoms with Gasteiger partial charge in [0.25, 0.3) is 0 Å². The third-order valence-corrected chi connectivity index (χ3v) is 4.64.